The van der Waals surface area contributed by atoms with E-state index in [2.05, 4.69) is 15.3 Å². The molecule has 0 bridgehead atoms. The van der Waals surface area contributed by atoms with Crippen LogP contribution in [0.25, 0.3) is 11.0 Å². The number of benzene rings is 2. The summed E-state index contributed by atoms with van der Waals surface area (Å²) >= 11 is 1.37. The van der Waals surface area contributed by atoms with E-state index in [1.807, 2.05) is 55.5 Å². The Labute approximate surface area is 155 Å². The van der Waals surface area contributed by atoms with Gasteiger partial charge in [-0.25, -0.2) is 4.98 Å². The van der Waals surface area contributed by atoms with E-state index < -0.39 is 0 Å². The van der Waals surface area contributed by atoms with Crippen molar-refractivity contribution in [3.05, 3.63) is 48.5 Å². The minimum Gasteiger partial charge on any atom is -0.333 e. The van der Waals surface area contributed by atoms with Crippen LogP contribution in [0.3, 0.4) is 0 Å². The molecule has 1 atom stereocenters. The number of hydrogen-bond donors (Lipinski definition) is 2. The van der Waals surface area contributed by atoms with Crippen molar-refractivity contribution < 1.29 is 9.59 Å². The zero-order valence-corrected chi connectivity index (χ0v) is 15.0. The lowest BCUT2D eigenvalue weighted by Gasteiger charge is -2.27. The number of H-pyrrole nitrogens is 1. The standard InChI is InChI=1S/C19H18N4O2S/c1-12-10-17(24)20-15-8-4-5-9-16(15)23(12)18(25)11-26-19-21-13-6-2-3-7-14(13)22-19/h2-9,12H,10-11H2,1H3,(H,20,24)(H,21,22). The van der Waals surface area contributed by atoms with Crippen molar-refractivity contribution >= 4 is 46.0 Å². The van der Waals surface area contributed by atoms with Gasteiger partial charge in [0.15, 0.2) is 5.16 Å². The van der Waals surface area contributed by atoms with Gasteiger partial charge in [0, 0.05) is 12.5 Å². The number of carbonyl (C=O) groups excluding carboxylic acids is 2. The van der Waals surface area contributed by atoms with Gasteiger partial charge >= 0.3 is 0 Å². The van der Waals surface area contributed by atoms with Gasteiger partial charge in [-0.1, -0.05) is 36.0 Å². The third-order valence-electron chi connectivity index (χ3n) is 4.33. The molecule has 6 nitrogen and oxygen atoms in total. The number of fused-ring (bicyclic) bond motifs is 2. The molecule has 4 rings (SSSR count). The van der Waals surface area contributed by atoms with Crippen LogP contribution < -0.4 is 10.2 Å². The highest BCUT2D eigenvalue weighted by atomic mass is 32.2. The van der Waals surface area contributed by atoms with Crippen LogP contribution in [0.2, 0.25) is 0 Å². The summed E-state index contributed by atoms with van der Waals surface area (Å²) in [4.78, 5) is 34.4. The highest BCUT2D eigenvalue weighted by molar-refractivity contribution is 7.99. The minimum absolute atomic E-state index is 0.0492. The summed E-state index contributed by atoms with van der Waals surface area (Å²) in [6, 6.07) is 15.0. The van der Waals surface area contributed by atoms with Gasteiger partial charge in [-0.2, -0.15) is 0 Å². The van der Waals surface area contributed by atoms with Crippen LogP contribution in [0, 0.1) is 0 Å². The molecule has 1 aliphatic rings. The van der Waals surface area contributed by atoms with Crippen LogP contribution in [0.5, 0.6) is 0 Å². The first-order valence-electron chi connectivity index (χ1n) is 8.40. The maximum Gasteiger partial charge on any atom is 0.237 e. The molecular weight excluding hydrogens is 348 g/mol. The summed E-state index contributed by atoms with van der Waals surface area (Å²) < 4.78 is 0. The average Bonchev–Trinajstić information content (AvgIpc) is 2.98. The van der Waals surface area contributed by atoms with Gasteiger partial charge < -0.3 is 15.2 Å². The van der Waals surface area contributed by atoms with Crippen molar-refractivity contribution in [1.82, 2.24) is 9.97 Å². The number of amides is 2. The fraction of sp³-hybridized carbons (Fsp3) is 0.211. The van der Waals surface area contributed by atoms with Gasteiger partial charge in [0.2, 0.25) is 11.8 Å². The highest BCUT2D eigenvalue weighted by Crippen LogP contribution is 2.32. The van der Waals surface area contributed by atoms with Crippen molar-refractivity contribution in [2.24, 2.45) is 0 Å². The number of nitrogens with zero attached hydrogens (tertiary/aromatic N) is 2. The first-order chi connectivity index (χ1) is 12.6. The van der Waals surface area contributed by atoms with Crippen LogP contribution in [-0.4, -0.2) is 33.6 Å². The molecule has 1 aliphatic heterocycles. The van der Waals surface area contributed by atoms with E-state index in [1.165, 1.54) is 11.8 Å². The molecule has 0 radical (unpaired) electrons. The Morgan fingerprint density at radius 1 is 1.23 bits per heavy atom. The second kappa shape index (κ2) is 6.84. The SMILES string of the molecule is CC1CC(=O)Nc2ccccc2N1C(=O)CSc1nc2ccccc2[nH]1. The lowest BCUT2D eigenvalue weighted by atomic mass is 10.2. The molecule has 0 aliphatic carbocycles. The van der Waals surface area contributed by atoms with Crippen LogP contribution in [0.1, 0.15) is 13.3 Å². The summed E-state index contributed by atoms with van der Waals surface area (Å²) in [7, 11) is 0. The van der Waals surface area contributed by atoms with Gasteiger partial charge in [0.1, 0.15) is 0 Å². The summed E-state index contributed by atoms with van der Waals surface area (Å²) in [6.45, 7) is 1.89. The molecule has 2 N–H and O–H groups in total. The molecule has 1 aromatic heterocycles. The topological polar surface area (TPSA) is 78.1 Å². The van der Waals surface area contributed by atoms with Gasteiger partial charge in [-0.3, -0.25) is 9.59 Å². The van der Waals surface area contributed by atoms with Gasteiger partial charge in [-0.15, -0.1) is 0 Å². The second-order valence-electron chi connectivity index (χ2n) is 6.23. The van der Waals surface area contributed by atoms with Crippen molar-refractivity contribution in [3.63, 3.8) is 0 Å². The van der Waals surface area contributed by atoms with Crippen molar-refractivity contribution in [2.45, 2.75) is 24.5 Å². The summed E-state index contributed by atoms with van der Waals surface area (Å²) in [5.74, 6) is 0.115. The molecule has 3 aromatic rings. The quantitative estimate of drug-likeness (QED) is 0.696. The summed E-state index contributed by atoms with van der Waals surface area (Å²) in [5.41, 5.74) is 3.24. The molecule has 0 saturated heterocycles. The predicted molar refractivity (Wildman–Crippen MR) is 103 cm³/mol. The first kappa shape index (κ1) is 16.7. The normalized spacial score (nSPS) is 16.9. The number of imidazole rings is 1. The van der Waals surface area contributed by atoms with E-state index in [9.17, 15) is 9.59 Å². The molecule has 132 valence electrons. The van der Waals surface area contributed by atoms with E-state index in [-0.39, 0.29) is 30.0 Å². The molecule has 0 fully saturated rings. The number of para-hydroxylation sites is 4. The van der Waals surface area contributed by atoms with Crippen molar-refractivity contribution in [1.29, 1.82) is 0 Å². The Morgan fingerprint density at radius 2 is 2.00 bits per heavy atom. The second-order valence-corrected chi connectivity index (χ2v) is 7.19. The Kier molecular flexibility index (Phi) is 4.38. The van der Waals surface area contributed by atoms with Gasteiger partial charge in [0.25, 0.3) is 0 Å². The van der Waals surface area contributed by atoms with Gasteiger partial charge in [-0.05, 0) is 31.2 Å². The molecule has 2 amide bonds. The van der Waals surface area contributed by atoms with E-state index in [0.717, 1.165) is 16.7 Å². The van der Waals surface area contributed by atoms with Crippen LogP contribution in [0.4, 0.5) is 11.4 Å². The Bertz CT molecular complexity index is 951. The lowest BCUT2D eigenvalue weighted by molar-refractivity contribution is -0.117. The first-order valence-corrected chi connectivity index (χ1v) is 9.39. The number of carbonyl (C=O) groups is 2. The number of hydrogen-bond acceptors (Lipinski definition) is 4. The zero-order chi connectivity index (χ0) is 18.1. The molecule has 1 unspecified atom stereocenters. The van der Waals surface area contributed by atoms with Crippen LogP contribution >= 0.6 is 11.8 Å². The predicted octanol–water partition coefficient (Wildman–Crippen LogP) is 3.42. The Hall–Kier alpha value is -2.80. The molecule has 0 saturated carbocycles. The minimum atomic E-state index is -0.206. The fourth-order valence-electron chi connectivity index (χ4n) is 3.17. The van der Waals surface area contributed by atoms with E-state index in [4.69, 9.17) is 0 Å². The Balaban J connectivity index is 1.55. The van der Waals surface area contributed by atoms with Gasteiger partial charge in [0.05, 0.1) is 28.2 Å². The fourth-order valence-corrected chi connectivity index (χ4v) is 3.91. The largest absolute Gasteiger partial charge is 0.333 e. The highest BCUT2D eigenvalue weighted by Gasteiger charge is 2.29. The monoisotopic (exact) mass is 366 g/mol. The molecule has 2 heterocycles. The Morgan fingerprint density at radius 3 is 2.85 bits per heavy atom. The molecule has 0 spiro atoms. The van der Waals surface area contributed by atoms with Crippen LogP contribution in [-0.2, 0) is 9.59 Å². The number of aromatic nitrogens is 2. The molecular formula is C19H18N4O2S. The molecule has 2 aromatic carbocycles. The van der Waals surface area contributed by atoms with E-state index >= 15 is 0 Å². The number of rotatable bonds is 3. The number of thioether (sulfide) groups is 1. The van der Waals surface area contributed by atoms with E-state index in [1.54, 1.807) is 4.90 Å². The molecule has 7 heteroatoms. The molecule has 26 heavy (non-hydrogen) atoms. The summed E-state index contributed by atoms with van der Waals surface area (Å²) in [6.07, 6.45) is 0.274. The maximum absolute atomic E-state index is 12.9. The van der Waals surface area contributed by atoms with E-state index in [0.29, 0.717) is 10.8 Å². The number of aromatic amines is 1. The van der Waals surface area contributed by atoms with Crippen LogP contribution in [0.15, 0.2) is 53.7 Å². The summed E-state index contributed by atoms with van der Waals surface area (Å²) in [5, 5.41) is 3.58. The number of anilines is 2. The van der Waals surface area contributed by atoms with Crippen molar-refractivity contribution in [2.75, 3.05) is 16.0 Å². The average molecular weight is 366 g/mol. The maximum atomic E-state index is 12.9. The number of nitrogens with one attached hydrogen (secondary N) is 2. The third-order valence-corrected chi connectivity index (χ3v) is 5.19. The third kappa shape index (κ3) is 3.17. The zero-order valence-electron chi connectivity index (χ0n) is 14.2. The van der Waals surface area contributed by atoms with Crippen molar-refractivity contribution in [3.8, 4) is 0 Å². The smallest absolute Gasteiger partial charge is 0.237 e. The lowest BCUT2D eigenvalue weighted by Crippen LogP contribution is -2.40.